The SMILES string of the molecule is CCCCCCCCCCc1ccc(C(=O)COC)c(OC(=O)c2cc(OC)c(OC)cc2OC)c1. The number of hydrogen-bond donors (Lipinski definition) is 0. The maximum atomic E-state index is 13.2. The van der Waals surface area contributed by atoms with Gasteiger partial charge in [-0.1, -0.05) is 57.9 Å². The summed E-state index contributed by atoms with van der Waals surface area (Å²) in [7, 11) is 5.89. The second-order valence-electron chi connectivity index (χ2n) is 8.71. The highest BCUT2D eigenvalue weighted by Gasteiger charge is 2.22. The zero-order valence-corrected chi connectivity index (χ0v) is 22.3. The van der Waals surface area contributed by atoms with Crippen molar-refractivity contribution in [1.29, 1.82) is 0 Å². The number of aryl methyl sites for hydroxylation is 1. The summed E-state index contributed by atoms with van der Waals surface area (Å²) in [6.45, 7) is 2.12. The van der Waals surface area contributed by atoms with Gasteiger partial charge in [0.2, 0.25) is 0 Å². The minimum Gasteiger partial charge on any atom is -0.496 e. The lowest BCUT2D eigenvalue weighted by Crippen LogP contribution is -2.15. The summed E-state index contributed by atoms with van der Waals surface area (Å²) in [4.78, 5) is 25.8. The molecule has 0 atom stereocenters. The first-order valence-electron chi connectivity index (χ1n) is 12.7. The van der Waals surface area contributed by atoms with Crippen LogP contribution in [0.25, 0.3) is 0 Å². The predicted octanol–water partition coefficient (Wildman–Crippen LogP) is 6.44. The average molecular weight is 501 g/mol. The van der Waals surface area contributed by atoms with Gasteiger partial charge >= 0.3 is 5.97 Å². The summed E-state index contributed by atoms with van der Waals surface area (Å²) >= 11 is 0. The van der Waals surface area contributed by atoms with Gasteiger partial charge in [-0.3, -0.25) is 4.79 Å². The van der Waals surface area contributed by atoms with E-state index < -0.39 is 5.97 Å². The number of carbonyl (C=O) groups excluding carboxylic acids is 2. The van der Waals surface area contributed by atoms with Crippen molar-refractivity contribution < 1.29 is 33.3 Å². The Morgan fingerprint density at radius 3 is 1.89 bits per heavy atom. The lowest BCUT2D eigenvalue weighted by molar-refractivity contribution is 0.0725. The van der Waals surface area contributed by atoms with Gasteiger partial charge in [0.1, 0.15) is 23.7 Å². The molecule has 7 heteroatoms. The van der Waals surface area contributed by atoms with E-state index in [4.69, 9.17) is 23.7 Å². The van der Waals surface area contributed by atoms with E-state index in [1.807, 2.05) is 6.07 Å². The molecule has 0 aromatic heterocycles. The molecule has 0 saturated carbocycles. The maximum absolute atomic E-state index is 13.2. The van der Waals surface area contributed by atoms with E-state index in [0.29, 0.717) is 17.1 Å². The third-order valence-electron chi connectivity index (χ3n) is 6.07. The Morgan fingerprint density at radius 1 is 0.667 bits per heavy atom. The van der Waals surface area contributed by atoms with E-state index >= 15 is 0 Å². The summed E-state index contributed by atoms with van der Waals surface area (Å²) in [5.41, 5.74) is 1.47. The highest BCUT2D eigenvalue weighted by atomic mass is 16.5. The van der Waals surface area contributed by atoms with Crippen molar-refractivity contribution in [2.45, 2.75) is 64.7 Å². The molecule has 2 aromatic rings. The summed E-state index contributed by atoms with van der Waals surface area (Å²) in [6, 6.07) is 8.45. The largest absolute Gasteiger partial charge is 0.496 e. The molecule has 2 rings (SSSR count). The normalized spacial score (nSPS) is 10.7. The Kier molecular flexibility index (Phi) is 12.8. The quantitative estimate of drug-likeness (QED) is 0.107. The van der Waals surface area contributed by atoms with Crippen LogP contribution in [0.15, 0.2) is 30.3 Å². The number of esters is 1. The summed E-state index contributed by atoms with van der Waals surface area (Å²) in [6.07, 6.45) is 10.7. The summed E-state index contributed by atoms with van der Waals surface area (Å²) in [5.74, 6) is 0.341. The predicted molar refractivity (Wildman–Crippen MR) is 140 cm³/mol. The molecule has 0 spiro atoms. The Labute approximate surface area is 215 Å². The molecule has 0 radical (unpaired) electrons. The average Bonchev–Trinajstić information content (AvgIpc) is 2.89. The van der Waals surface area contributed by atoms with Crippen molar-refractivity contribution in [2.75, 3.05) is 35.0 Å². The fourth-order valence-corrected chi connectivity index (χ4v) is 4.05. The number of unbranched alkanes of at least 4 members (excludes halogenated alkanes) is 7. The van der Waals surface area contributed by atoms with Gasteiger partial charge in [0, 0.05) is 19.2 Å². The lowest BCUT2D eigenvalue weighted by Gasteiger charge is -2.15. The van der Waals surface area contributed by atoms with Gasteiger partial charge in [-0.15, -0.1) is 0 Å². The Hall–Kier alpha value is -3.06. The van der Waals surface area contributed by atoms with Crippen LogP contribution in [0.5, 0.6) is 23.0 Å². The van der Waals surface area contributed by atoms with Crippen molar-refractivity contribution >= 4 is 11.8 Å². The van der Waals surface area contributed by atoms with Crippen LogP contribution in [0.4, 0.5) is 0 Å². The first-order chi connectivity index (χ1) is 17.5. The van der Waals surface area contributed by atoms with E-state index in [1.54, 1.807) is 18.2 Å². The maximum Gasteiger partial charge on any atom is 0.347 e. The Bertz CT molecular complexity index is 984. The molecule has 0 aliphatic heterocycles. The van der Waals surface area contributed by atoms with E-state index in [1.165, 1.54) is 73.0 Å². The molecule has 7 nitrogen and oxygen atoms in total. The molecule has 0 bridgehead atoms. The zero-order chi connectivity index (χ0) is 26.3. The van der Waals surface area contributed by atoms with Crippen LogP contribution in [0, 0.1) is 0 Å². The standard InChI is InChI=1S/C29H40O7/c1-6-7-8-9-10-11-12-13-14-21-15-16-22(24(30)20-32-2)26(17-21)36-29(31)23-18-27(34-4)28(35-5)19-25(23)33-3/h15-19H,6-14,20H2,1-5H3. The number of Topliss-reactive ketones (excluding diaryl/α,β-unsaturated/α-hetero) is 1. The summed E-state index contributed by atoms with van der Waals surface area (Å²) < 4.78 is 26.7. The van der Waals surface area contributed by atoms with Crippen molar-refractivity contribution in [1.82, 2.24) is 0 Å². The molecule has 0 heterocycles. The van der Waals surface area contributed by atoms with Gasteiger partial charge in [0.05, 0.1) is 26.9 Å². The first-order valence-corrected chi connectivity index (χ1v) is 12.7. The van der Waals surface area contributed by atoms with Crippen molar-refractivity contribution in [2.24, 2.45) is 0 Å². The van der Waals surface area contributed by atoms with Crippen molar-refractivity contribution in [3.63, 3.8) is 0 Å². The topological polar surface area (TPSA) is 80.3 Å². The van der Waals surface area contributed by atoms with Crippen LogP contribution < -0.4 is 18.9 Å². The van der Waals surface area contributed by atoms with E-state index in [-0.39, 0.29) is 29.5 Å². The number of rotatable bonds is 17. The molecule has 0 aliphatic carbocycles. The highest BCUT2D eigenvalue weighted by molar-refractivity contribution is 6.02. The van der Waals surface area contributed by atoms with Crippen LogP contribution in [-0.2, 0) is 11.2 Å². The van der Waals surface area contributed by atoms with Crippen molar-refractivity contribution in [3.8, 4) is 23.0 Å². The number of ketones is 1. The Morgan fingerprint density at radius 2 is 1.28 bits per heavy atom. The number of ether oxygens (including phenoxy) is 5. The van der Waals surface area contributed by atoms with E-state index in [0.717, 1.165) is 24.8 Å². The fourth-order valence-electron chi connectivity index (χ4n) is 4.05. The molecule has 0 saturated heterocycles. The first kappa shape index (κ1) is 29.2. The van der Waals surface area contributed by atoms with Gasteiger partial charge < -0.3 is 23.7 Å². The number of hydrogen-bond acceptors (Lipinski definition) is 7. The highest BCUT2D eigenvalue weighted by Crippen LogP contribution is 2.35. The molecular weight excluding hydrogens is 460 g/mol. The molecule has 0 unspecified atom stereocenters. The molecule has 0 fully saturated rings. The summed E-state index contributed by atoms with van der Waals surface area (Å²) in [5, 5.41) is 0. The number of methoxy groups -OCH3 is 4. The third-order valence-corrected chi connectivity index (χ3v) is 6.07. The molecule has 2 aromatic carbocycles. The van der Waals surface area contributed by atoms with Crippen LogP contribution >= 0.6 is 0 Å². The zero-order valence-electron chi connectivity index (χ0n) is 22.3. The molecule has 36 heavy (non-hydrogen) atoms. The molecular formula is C29H40O7. The van der Waals surface area contributed by atoms with Crippen LogP contribution in [0.2, 0.25) is 0 Å². The van der Waals surface area contributed by atoms with Crippen LogP contribution in [0.1, 0.15) is 84.6 Å². The monoisotopic (exact) mass is 500 g/mol. The minimum absolute atomic E-state index is 0.110. The van der Waals surface area contributed by atoms with Crippen molar-refractivity contribution in [3.05, 3.63) is 47.0 Å². The third kappa shape index (κ3) is 8.55. The van der Waals surface area contributed by atoms with Gasteiger partial charge in [0.15, 0.2) is 17.3 Å². The van der Waals surface area contributed by atoms with Crippen LogP contribution in [-0.4, -0.2) is 46.8 Å². The lowest BCUT2D eigenvalue weighted by atomic mass is 10.0. The second-order valence-corrected chi connectivity index (χ2v) is 8.71. The number of carbonyl (C=O) groups is 2. The van der Waals surface area contributed by atoms with Gasteiger partial charge in [-0.2, -0.15) is 0 Å². The fraction of sp³-hybridized carbons (Fsp3) is 0.517. The number of benzene rings is 2. The molecule has 0 N–H and O–H groups in total. The van der Waals surface area contributed by atoms with E-state index in [9.17, 15) is 9.59 Å². The smallest absolute Gasteiger partial charge is 0.347 e. The molecule has 0 amide bonds. The van der Waals surface area contributed by atoms with Gasteiger partial charge in [-0.05, 0) is 30.5 Å². The minimum atomic E-state index is -0.663. The molecule has 198 valence electrons. The van der Waals surface area contributed by atoms with Gasteiger partial charge in [0.25, 0.3) is 0 Å². The Balaban J connectivity index is 2.18. The second kappa shape index (κ2) is 15.8. The van der Waals surface area contributed by atoms with E-state index in [2.05, 4.69) is 6.92 Å². The van der Waals surface area contributed by atoms with Gasteiger partial charge in [-0.25, -0.2) is 4.79 Å². The molecule has 0 aliphatic rings. The van der Waals surface area contributed by atoms with Crippen LogP contribution in [0.3, 0.4) is 0 Å².